The zero-order chi connectivity index (χ0) is 18.3. The molecule has 0 unspecified atom stereocenters. The summed E-state index contributed by atoms with van der Waals surface area (Å²) in [7, 11) is 1.69. The number of amides is 1. The predicted octanol–water partition coefficient (Wildman–Crippen LogP) is 2.51. The lowest BCUT2D eigenvalue weighted by Gasteiger charge is -2.20. The van der Waals surface area contributed by atoms with Crippen molar-refractivity contribution in [2.45, 2.75) is 6.54 Å². The van der Waals surface area contributed by atoms with Crippen LogP contribution in [0, 0.1) is 0 Å². The zero-order valence-electron chi connectivity index (χ0n) is 14.0. The van der Waals surface area contributed by atoms with Gasteiger partial charge in [0.1, 0.15) is 19.8 Å². The number of fused-ring (bicyclic) bond motifs is 2. The Hall–Kier alpha value is -2.74. The Morgan fingerprint density at radius 3 is 2.54 bits per heavy atom. The highest BCUT2D eigenvalue weighted by Crippen LogP contribution is 2.38. The van der Waals surface area contributed by atoms with Crippen LogP contribution in [0.1, 0.15) is 0 Å². The van der Waals surface area contributed by atoms with Crippen LogP contribution in [-0.2, 0) is 18.4 Å². The number of anilines is 1. The van der Waals surface area contributed by atoms with Gasteiger partial charge in [-0.3, -0.25) is 13.9 Å². The molecule has 3 aromatic rings. The Morgan fingerprint density at radius 1 is 1.15 bits per heavy atom. The average Bonchev–Trinajstić information content (AvgIpc) is 2.88. The number of nitrogens with one attached hydrogen (secondary N) is 1. The van der Waals surface area contributed by atoms with Crippen molar-refractivity contribution in [1.29, 1.82) is 0 Å². The Balaban J connectivity index is 1.61. The molecule has 0 spiro atoms. The predicted molar refractivity (Wildman–Crippen MR) is 101 cm³/mol. The molecule has 0 bridgehead atoms. The molecule has 7 nitrogen and oxygen atoms in total. The molecular weight excluding hydrogens is 402 g/mol. The number of nitrogens with zero attached hydrogens (tertiary/aromatic N) is 2. The third-order valence-electron chi connectivity index (χ3n) is 4.26. The third-order valence-corrected chi connectivity index (χ3v) is 4.92. The molecule has 1 aliphatic heterocycles. The number of ether oxygens (including phenoxy) is 2. The van der Waals surface area contributed by atoms with Gasteiger partial charge in [0.05, 0.1) is 16.7 Å². The molecule has 2 aromatic carbocycles. The topological polar surface area (TPSA) is 74.5 Å². The molecule has 0 radical (unpaired) electrons. The van der Waals surface area contributed by atoms with Crippen LogP contribution < -0.4 is 20.5 Å². The van der Waals surface area contributed by atoms with E-state index in [9.17, 15) is 9.59 Å². The van der Waals surface area contributed by atoms with E-state index >= 15 is 0 Å². The van der Waals surface area contributed by atoms with Gasteiger partial charge in [0.15, 0.2) is 11.5 Å². The lowest BCUT2D eigenvalue weighted by Crippen LogP contribution is -2.28. The van der Waals surface area contributed by atoms with Gasteiger partial charge in [-0.05, 0) is 28.1 Å². The van der Waals surface area contributed by atoms with Crippen molar-refractivity contribution >= 4 is 38.6 Å². The molecule has 26 heavy (non-hydrogen) atoms. The number of hydrogen-bond acceptors (Lipinski definition) is 4. The van der Waals surface area contributed by atoms with Crippen molar-refractivity contribution in [3.63, 3.8) is 0 Å². The van der Waals surface area contributed by atoms with Gasteiger partial charge in [0, 0.05) is 23.7 Å². The molecule has 4 rings (SSSR count). The van der Waals surface area contributed by atoms with E-state index in [0.717, 1.165) is 11.0 Å². The Labute approximate surface area is 157 Å². The summed E-state index contributed by atoms with van der Waals surface area (Å²) < 4.78 is 14.7. The summed E-state index contributed by atoms with van der Waals surface area (Å²) in [6.07, 6.45) is 0. The molecule has 8 heteroatoms. The maximum absolute atomic E-state index is 12.5. The highest BCUT2D eigenvalue weighted by molar-refractivity contribution is 9.10. The zero-order valence-corrected chi connectivity index (χ0v) is 15.6. The summed E-state index contributed by atoms with van der Waals surface area (Å²) in [5, 5.41) is 2.82. The van der Waals surface area contributed by atoms with Crippen LogP contribution in [-0.4, -0.2) is 28.3 Å². The minimum Gasteiger partial charge on any atom is -0.486 e. The Kier molecular flexibility index (Phi) is 4.20. The number of para-hydroxylation sites is 2. The van der Waals surface area contributed by atoms with Crippen LogP contribution in [0.25, 0.3) is 11.0 Å². The first-order valence-corrected chi connectivity index (χ1v) is 8.87. The summed E-state index contributed by atoms with van der Waals surface area (Å²) in [5.41, 5.74) is 1.83. The fraction of sp³-hybridized carbons (Fsp3) is 0.222. The lowest BCUT2D eigenvalue weighted by molar-refractivity contribution is -0.116. The molecule has 0 saturated heterocycles. The molecular formula is C18H16BrN3O4. The van der Waals surface area contributed by atoms with Gasteiger partial charge in [-0.2, -0.15) is 0 Å². The van der Waals surface area contributed by atoms with Gasteiger partial charge in [0.25, 0.3) is 0 Å². The summed E-state index contributed by atoms with van der Waals surface area (Å²) in [6, 6.07) is 10.8. The van der Waals surface area contributed by atoms with E-state index in [-0.39, 0.29) is 18.1 Å². The van der Waals surface area contributed by atoms with E-state index in [1.54, 1.807) is 19.2 Å². The number of aryl methyl sites for hydroxylation is 1. The molecule has 1 aliphatic rings. The molecule has 1 aromatic heterocycles. The molecule has 1 amide bonds. The summed E-state index contributed by atoms with van der Waals surface area (Å²) >= 11 is 3.42. The average molecular weight is 418 g/mol. The van der Waals surface area contributed by atoms with E-state index < -0.39 is 0 Å². The van der Waals surface area contributed by atoms with Crippen molar-refractivity contribution in [2.75, 3.05) is 18.5 Å². The van der Waals surface area contributed by atoms with E-state index in [1.165, 1.54) is 9.13 Å². The molecule has 0 atom stereocenters. The SMILES string of the molecule is Cn1c(=O)n(CC(=O)Nc2cc3c(cc2Br)OCCO3)c2ccccc21. The van der Waals surface area contributed by atoms with Crippen molar-refractivity contribution in [1.82, 2.24) is 9.13 Å². The number of hydrogen-bond donors (Lipinski definition) is 1. The van der Waals surface area contributed by atoms with Crippen molar-refractivity contribution in [2.24, 2.45) is 7.05 Å². The van der Waals surface area contributed by atoms with E-state index in [2.05, 4.69) is 21.2 Å². The number of halogens is 1. The highest BCUT2D eigenvalue weighted by Gasteiger charge is 2.18. The fourth-order valence-corrected chi connectivity index (χ4v) is 3.43. The second-order valence-corrected chi connectivity index (χ2v) is 6.79. The summed E-state index contributed by atoms with van der Waals surface area (Å²) in [4.78, 5) is 25.0. The first-order chi connectivity index (χ1) is 12.5. The van der Waals surface area contributed by atoms with Gasteiger partial charge in [-0.1, -0.05) is 12.1 Å². The van der Waals surface area contributed by atoms with Crippen molar-refractivity contribution < 1.29 is 14.3 Å². The number of carbonyl (C=O) groups is 1. The first kappa shape index (κ1) is 16.7. The number of carbonyl (C=O) groups excluding carboxylic acids is 1. The third kappa shape index (κ3) is 2.86. The quantitative estimate of drug-likeness (QED) is 0.710. The Morgan fingerprint density at radius 2 is 1.81 bits per heavy atom. The smallest absolute Gasteiger partial charge is 0.329 e. The molecule has 0 aliphatic carbocycles. The molecule has 2 heterocycles. The van der Waals surface area contributed by atoms with E-state index in [4.69, 9.17) is 9.47 Å². The number of rotatable bonds is 3. The number of aromatic nitrogens is 2. The second kappa shape index (κ2) is 6.53. The molecule has 134 valence electrons. The maximum atomic E-state index is 12.5. The monoisotopic (exact) mass is 417 g/mol. The standard InChI is InChI=1S/C18H16BrN3O4/c1-21-13-4-2-3-5-14(13)22(18(21)24)10-17(23)20-12-9-16-15(8-11(12)19)25-6-7-26-16/h2-5,8-9H,6-7,10H2,1H3,(H,20,23). The minimum atomic E-state index is -0.305. The number of benzene rings is 2. The van der Waals surface area contributed by atoms with Gasteiger partial charge in [-0.15, -0.1) is 0 Å². The van der Waals surface area contributed by atoms with Crippen LogP contribution in [0.2, 0.25) is 0 Å². The van der Waals surface area contributed by atoms with Gasteiger partial charge < -0.3 is 14.8 Å². The fourth-order valence-electron chi connectivity index (χ4n) is 3.01. The minimum absolute atomic E-state index is 0.0823. The van der Waals surface area contributed by atoms with Gasteiger partial charge in [0.2, 0.25) is 5.91 Å². The summed E-state index contributed by atoms with van der Waals surface area (Å²) in [5.74, 6) is 0.907. The van der Waals surface area contributed by atoms with Gasteiger partial charge >= 0.3 is 5.69 Å². The number of imidazole rings is 1. The van der Waals surface area contributed by atoms with Crippen LogP contribution in [0.3, 0.4) is 0 Å². The Bertz CT molecular complexity index is 1070. The molecule has 0 fully saturated rings. The van der Waals surface area contributed by atoms with Crippen molar-refractivity contribution in [3.8, 4) is 11.5 Å². The van der Waals surface area contributed by atoms with E-state index in [0.29, 0.717) is 34.9 Å². The summed E-state index contributed by atoms with van der Waals surface area (Å²) in [6.45, 7) is 0.879. The van der Waals surface area contributed by atoms with Crippen LogP contribution >= 0.6 is 15.9 Å². The van der Waals surface area contributed by atoms with Crippen LogP contribution in [0.4, 0.5) is 5.69 Å². The molecule has 1 N–H and O–H groups in total. The normalized spacial score (nSPS) is 13.0. The maximum Gasteiger partial charge on any atom is 0.329 e. The van der Waals surface area contributed by atoms with Crippen LogP contribution in [0.5, 0.6) is 11.5 Å². The van der Waals surface area contributed by atoms with Gasteiger partial charge in [-0.25, -0.2) is 4.79 Å². The highest BCUT2D eigenvalue weighted by atomic mass is 79.9. The first-order valence-electron chi connectivity index (χ1n) is 8.08. The second-order valence-electron chi connectivity index (χ2n) is 5.94. The lowest BCUT2D eigenvalue weighted by atomic mass is 10.2. The van der Waals surface area contributed by atoms with Crippen LogP contribution in [0.15, 0.2) is 45.7 Å². The largest absolute Gasteiger partial charge is 0.486 e. The van der Waals surface area contributed by atoms with Crippen molar-refractivity contribution in [3.05, 3.63) is 51.4 Å². The van der Waals surface area contributed by atoms with E-state index in [1.807, 2.05) is 24.3 Å². The molecule has 0 saturated carbocycles.